The Kier molecular flexibility index (Phi) is 2.89. The van der Waals surface area contributed by atoms with E-state index >= 15 is 0 Å². The van der Waals surface area contributed by atoms with E-state index in [1.54, 1.807) is 17.5 Å². The van der Waals surface area contributed by atoms with E-state index in [-0.39, 0.29) is 0 Å². The number of aromatic amines is 1. The highest BCUT2D eigenvalue weighted by molar-refractivity contribution is 7.18. The zero-order chi connectivity index (χ0) is 12.5. The van der Waals surface area contributed by atoms with Gasteiger partial charge in [0, 0.05) is 16.8 Å². The third kappa shape index (κ3) is 2.05. The van der Waals surface area contributed by atoms with Crippen molar-refractivity contribution >= 4 is 22.9 Å². The van der Waals surface area contributed by atoms with Gasteiger partial charge in [-0.2, -0.15) is 5.10 Å². The van der Waals surface area contributed by atoms with Crippen molar-refractivity contribution in [1.82, 2.24) is 15.2 Å². The lowest BCUT2D eigenvalue weighted by Gasteiger charge is -1.95. The predicted octanol–water partition coefficient (Wildman–Crippen LogP) is 4.16. The van der Waals surface area contributed by atoms with Crippen LogP contribution in [0.4, 0.5) is 0 Å². The quantitative estimate of drug-likeness (QED) is 0.763. The third-order valence-corrected chi connectivity index (χ3v) is 4.12. The number of aryl methyl sites for hydroxylation is 1. The van der Waals surface area contributed by atoms with Crippen LogP contribution in [0.25, 0.3) is 21.1 Å². The van der Waals surface area contributed by atoms with E-state index in [0.717, 1.165) is 31.9 Å². The second kappa shape index (κ2) is 4.55. The fourth-order valence-corrected chi connectivity index (χ4v) is 2.92. The largest absolute Gasteiger partial charge is 0.277 e. The summed E-state index contributed by atoms with van der Waals surface area (Å²) in [5, 5.41) is 8.67. The van der Waals surface area contributed by atoms with Crippen LogP contribution in [0.5, 0.6) is 0 Å². The highest BCUT2D eigenvalue weighted by Crippen LogP contribution is 2.34. The van der Waals surface area contributed by atoms with E-state index in [1.807, 2.05) is 37.3 Å². The Morgan fingerprint density at radius 2 is 1.94 bits per heavy atom. The summed E-state index contributed by atoms with van der Waals surface area (Å²) < 4.78 is 0. The van der Waals surface area contributed by atoms with Crippen LogP contribution in [-0.2, 0) is 0 Å². The summed E-state index contributed by atoms with van der Waals surface area (Å²) in [5.74, 6) is 0. The molecule has 2 heterocycles. The first kappa shape index (κ1) is 11.4. The molecular formula is C13H10ClN3S. The van der Waals surface area contributed by atoms with Crippen molar-refractivity contribution < 1.29 is 0 Å². The number of benzene rings is 1. The minimum absolute atomic E-state index is 0.737. The van der Waals surface area contributed by atoms with Crippen LogP contribution in [0.3, 0.4) is 0 Å². The molecule has 0 bridgehead atoms. The maximum Gasteiger partial charge on any atom is 0.124 e. The molecule has 3 nitrogen and oxygen atoms in total. The van der Waals surface area contributed by atoms with Gasteiger partial charge < -0.3 is 0 Å². The Balaban J connectivity index is 2.05. The Morgan fingerprint density at radius 1 is 1.17 bits per heavy atom. The van der Waals surface area contributed by atoms with Crippen LogP contribution < -0.4 is 0 Å². The van der Waals surface area contributed by atoms with Crippen molar-refractivity contribution in [3.05, 3.63) is 47.2 Å². The van der Waals surface area contributed by atoms with E-state index < -0.39 is 0 Å². The lowest BCUT2D eigenvalue weighted by atomic mass is 10.2. The van der Waals surface area contributed by atoms with Crippen LogP contribution in [0.2, 0.25) is 5.02 Å². The number of halogens is 1. The van der Waals surface area contributed by atoms with Gasteiger partial charge in [0.1, 0.15) is 5.01 Å². The number of hydrogen-bond acceptors (Lipinski definition) is 3. The second-order valence-corrected chi connectivity index (χ2v) is 5.35. The maximum atomic E-state index is 5.89. The molecule has 0 aliphatic heterocycles. The number of aromatic nitrogens is 3. The Bertz CT molecular complexity index is 656. The fraction of sp³-hybridized carbons (Fsp3) is 0.0769. The molecule has 0 saturated carbocycles. The molecule has 0 aliphatic carbocycles. The van der Waals surface area contributed by atoms with Crippen molar-refractivity contribution in [2.45, 2.75) is 6.92 Å². The molecule has 0 saturated heterocycles. The molecule has 0 spiro atoms. The average Bonchev–Trinajstić information content (AvgIpc) is 2.99. The van der Waals surface area contributed by atoms with Gasteiger partial charge >= 0.3 is 0 Å². The second-order valence-electron chi connectivity index (χ2n) is 3.91. The van der Waals surface area contributed by atoms with E-state index in [4.69, 9.17) is 11.6 Å². The Labute approximate surface area is 113 Å². The first-order chi connectivity index (χ1) is 8.74. The zero-order valence-corrected chi connectivity index (χ0v) is 11.2. The topological polar surface area (TPSA) is 41.6 Å². The van der Waals surface area contributed by atoms with E-state index in [2.05, 4.69) is 15.2 Å². The summed E-state index contributed by atoms with van der Waals surface area (Å²) in [4.78, 5) is 5.72. The first-order valence-corrected chi connectivity index (χ1v) is 6.66. The van der Waals surface area contributed by atoms with Crippen molar-refractivity contribution in [1.29, 1.82) is 0 Å². The van der Waals surface area contributed by atoms with Gasteiger partial charge in [-0.25, -0.2) is 4.98 Å². The molecule has 3 aromatic rings. The summed E-state index contributed by atoms with van der Waals surface area (Å²) in [7, 11) is 0. The van der Waals surface area contributed by atoms with Crippen LogP contribution >= 0.6 is 22.9 Å². The lowest BCUT2D eigenvalue weighted by Crippen LogP contribution is -1.78. The molecule has 1 aromatic carbocycles. The molecule has 0 unspecified atom stereocenters. The van der Waals surface area contributed by atoms with E-state index in [9.17, 15) is 0 Å². The number of nitrogens with one attached hydrogen (secondary N) is 1. The molecular weight excluding hydrogens is 266 g/mol. The smallest absolute Gasteiger partial charge is 0.124 e. The molecule has 0 amide bonds. The molecule has 3 rings (SSSR count). The minimum Gasteiger partial charge on any atom is -0.277 e. The Hall–Kier alpha value is -1.65. The van der Waals surface area contributed by atoms with Crippen LogP contribution in [0.15, 0.2) is 36.5 Å². The number of thiazole rings is 1. The van der Waals surface area contributed by atoms with E-state index in [0.29, 0.717) is 0 Å². The standard InChI is InChI=1S/C13H10ClN3S/c1-8-12(11-6-7-15-17-11)18-13(16-8)9-2-4-10(14)5-3-9/h2-7H,1H3,(H,15,17). The molecule has 0 radical (unpaired) electrons. The van der Waals surface area contributed by atoms with Gasteiger partial charge in [-0.15, -0.1) is 11.3 Å². The molecule has 18 heavy (non-hydrogen) atoms. The van der Waals surface area contributed by atoms with Gasteiger partial charge in [-0.3, -0.25) is 5.10 Å². The number of H-pyrrole nitrogens is 1. The molecule has 5 heteroatoms. The van der Waals surface area contributed by atoms with Crippen LogP contribution in [0, 0.1) is 6.92 Å². The van der Waals surface area contributed by atoms with Gasteiger partial charge in [0.2, 0.25) is 0 Å². The highest BCUT2D eigenvalue weighted by Gasteiger charge is 2.11. The SMILES string of the molecule is Cc1nc(-c2ccc(Cl)cc2)sc1-c1ccn[nH]1. The minimum atomic E-state index is 0.737. The molecule has 1 N–H and O–H groups in total. The van der Waals surface area contributed by atoms with Gasteiger partial charge in [0.15, 0.2) is 0 Å². The summed E-state index contributed by atoms with van der Waals surface area (Å²) in [5.41, 5.74) is 3.10. The highest BCUT2D eigenvalue weighted by atomic mass is 35.5. The van der Waals surface area contributed by atoms with Crippen molar-refractivity contribution in [3.8, 4) is 21.1 Å². The summed E-state index contributed by atoms with van der Waals surface area (Å²) in [6.45, 7) is 2.01. The van der Waals surface area contributed by atoms with Gasteiger partial charge in [0.25, 0.3) is 0 Å². The van der Waals surface area contributed by atoms with Crippen molar-refractivity contribution in [2.24, 2.45) is 0 Å². The number of nitrogens with zero attached hydrogens (tertiary/aromatic N) is 2. The average molecular weight is 276 g/mol. The predicted molar refractivity (Wildman–Crippen MR) is 74.9 cm³/mol. The summed E-state index contributed by atoms with van der Waals surface area (Å²) in [6, 6.07) is 9.67. The van der Waals surface area contributed by atoms with Gasteiger partial charge in [-0.1, -0.05) is 23.7 Å². The number of hydrogen-bond donors (Lipinski definition) is 1. The normalized spacial score (nSPS) is 10.8. The first-order valence-electron chi connectivity index (χ1n) is 5.47. The number of rotatable bonds is 2. The van der Waals surface area contributed by atoms with Crippen LogP contribution in [0.1, 0.15) is 5.69 Å². The summed E-state index contributed by atoms with van der Waals surface area (Å²) >= 11 is 7.54. The lowest BCUT2D eigenvalue weighted by molar-refractivity contribution is 1.09. The van der Waals surface area contributed by atoms with E-state index in [1.165, 1.54) is 0 Å². The van der Waals surface area contributed by atoms with Crippen molar-refractivity contribution in [2.75, 3.05) is 0 Å². The molecule has 0 fully saturated rings. The fourth-order valence-electron chi connectivity index (χ4n) is 1.74. The maximum absolute atomic E-state index is 5.89. The molecule has 0 aliphatic rings. The molecule has 2 aromatic heterocycles. The van der Waals surface area contributed by atoms with Gasteiger partial charge in [-0.05, 0) is 25.1 Å². The van der Waals surface area contributed by atoms with Crippen molar-refractivity contribution in [3.63, 3.8) is 0 Å². The summed E-state index contributed by atoms with van der Waals surface area (Å²) in [6.07, 6.45) is 1.75. The van der Waals surface area contributed by atoms with Gasteiger partial charge in [0.05, 0.1) is 16.3 Å². The third-order valence-electron chi connectivity index (χ3n) is 2.63. The molecule has 0 atom stereocenters. The molecule has 90 valence electrons. The van der Waals surface area contributed by atoms with Crippen LogP contribution in [-0.4, -0.2) is 15.2 Å². The Morgan fingerprint density at radius 3 is 2.61 bits per heavy atom. The zero-order valence-electron chi connectivity index (χ0n) is 9.64. The monoisotopic (exact) mass is 275 g/mol.